The van der Waals surface area contributed by atoms with Gasteiger partial charge < -0.3 is 14.8 Å². The van der Waals surface area contributed by atoms with Gasteiger partial charge in [-0.15, -0.1) is 0 Å². The number of rotatable bonds is 6. The van der Waals surface area contributed by atoms with Crippen molar-refractivity contribution in [1.29, 1.82) is 0 Å². The van der Waals surface area contributed by atoms with Crippen LogP contribution >= 0.6 is 0 Å². The zero-order valence-electron chi connectivity index (χ0n) is 14.7. The average molecular weight is 352 g/mol. The molecule has 2 aromatic rings. The van der Waals surface area contributed by atoms with Crippen molar-refractivity contribution in [3.8, 4) is 11.5 Å². The Morgan fingerprint density at radius 2 is 1.73 bits per heavy atom. The molecule has 3 amide bonds. The monoisotopic (exact) mass is 352 g/mol. The lowest BCUT2D eigenvalue weighted by atomic mass is 10.1. The van der Waals surface area contributed by atoms with Crippen molar-refractivity contribution < 1.29 is 19.1 Å². The van der Waals surface area contributed by atoms with Crippen molar-refractivity contribution >= 4 is 18.0 Å². The summed E-state index contributed by atoms with van der Waals surface area (Å²) in [6, 6.07) is 13.0. The molecule has 0 unspecified atom stereocenters. The van der Waals surface area contributed by atoms with Crippen LogP contribution in [0.15, 0.2) is 48.2 Å². The molecule has 0 aromatic heterocycles. The van der Waals surface area contributed by atoms with E-state index in [0.717, 1.165) is 11.1 Å². The molecule has 3 rings (SSSR count). The molecular weight excluding hydrogens is 332 g/mol. The van der Waals surface area contributed by atoms with E-state index in [1.807, 2.05) is 38.1 Å². The number of urea groups is 1. The molecule has 0 spiro atoms. The van der Waals surface area contributed by atoms with Gasteiger partial charge in [0.25, 0.3) is 5.91 Å². The van der Waals surface area contributed by atoms with E-state index in [0.29, 0.717) is 24.7 Å². The third-order valence-corrected chi connectivity index (χ3v) is 3.81. The van der Waals surface area contributed by atoms with Gasteiger partial charge in [0, 0.05) is 0 Å². The van der Waals surface area contributed by atoms with Crippen LogP contribution < -0.4 is 20.1 Å². The number of amides is 3. The van der Waals surface area contributed by atoms with Gasteiger partial charge >= 0.3 is 6.03 Å². The van der Waals surface area contributed by atoms with E-state index in [2.05, 4.69) is 10.6 Å². The average Bonchev–Trinajstić information content (AvgIpc) is 2.93. The lowest BCUT2D eigenvalue weighted by molar-refractivity contribution is -0.115. The molecule has 26 heavy (non-hydrogen) atoms. The Morgan fingerprint density at radius 3 is 2.38 bits per heavy atom. The summed E-state index contributed by atoms with van der Waals surface area (Å²) in [5.41, 5.74) is 3.19. The first-order valence-corrected chi connectivity index (χ1v) is 8.34. The molecule has 1 saturated heterocycles. The smallest absolute Gasteiger partial charge is 0.326 e. The quantitative estimate of drug-likeness (QED) is 0.618. The number of carbonyl (C=O) groups is 2. The lowest BCUT2D eigenvalue weighted by Gasteiger charge is -2.13. The van der Waals surface area contributed by atoms with E-state index in [1.54, 1.807) is 24.3 Å². The fraction of sp³-hybridized carbons (Fsp3) is 0.200. The molecule has 6 heteroatoms. The van der Waals surface area contributed by atoms with Crippen LogP contribution in [-0.4, -0.2) is 18.5 Å². The highest BCUT2D eigenvalue weighted by Crippen LogP contribution is 2.30. The summed E-state index contributed by atoms with van der Waals surface area (Å²) in [6.07, 6.45) is 1.59. The SMILES string of the molecule is CCOc1cc(/C=C2/NC(=O)NC2=O)ccc1OCc1ccc(C)cc1. The third kappa shape index (κ3) is 4.22. The number of hydrogen-bond acceptors (Lipinski definition) is 4. The van der Waals surface area contributed by atoms with Crippen LogP contribution in [0.25, 0.3) is 6.08 Å². The first-order chi connectivity index (χ1) is 12.5. The van der Waals surface area contributed by atoms with Crippen molar-refractivity contribution in [3.63, 3.8) is 0 Å². The van der Waals surface area contributed by atoms with E-state index in [4.69, 9.17) is 9.47 Å². The first-order valence-electron chi connectivity index (χ1n) is 8.34. The van der Waals surface area contributed by atoms with E-state index < -0.39 is 11.9 Å². The second kappa shape index (κ2) is 7.74. The number of ether oxygens (including phenoxy) is 2. The van der Waals surface area contributed by atoms with Crippen LogP contribution in [-0.2, 0) is 11.4 Å². The highest BCUT2D eigenvalue weighted by Gasteiger charge is 2.22. The molecule has 1 aliphatic rings. The van der Waals surface area contributed by atoms with Crippen LogP contribution in [0.1, 0.15) is 23.6 Å². The summed E-state index contributed by atoms with van der Waals surface area (Å²) in [6.45, 7) is 4.84. The Morgan fingerprint density at radius 1 is 0.962 bits per heavy atom. The number of benzene rings is 2. The number of imide groups is 1. The third-order valence-electron chi connectivity index (χ3n) is 3.81. The Balaban J connectivity index is 1.78. The molecule has 0 bridgehead atoms. The van der Waals surface area contributed by atoms with Gasteiger partial charge in [0.15, 0.2) is 11.5 Å². The van der Waals surface area contributed by atoms with Crippen LogP contribution in [0.4, 0.5) is 4.79 Å². The largest absolute Gasteiger partial charge is 0.490 e. The van der Waals surface area contributed by atoms with Crippen LogP contribution in [0.5, 0.6) is 11.5 Å². The van der Waals surface area contributed by atoms with E-state index in [-0.39, 0.29) is 5.70 Å². The van der Waals surface area contributed by atoms with Crippen molar-refractivity contribution in [1.82, 2.24) is 10.6 Å². The van der Waals surface area contributed by atoms with Gasteiger partial charge in [-0.2, -0.15) is 0 Å². The Bertz CT molecular complexity index is 857. The zero-order chi connectivity index (χ0) is 18.5. The van der Waals surface area contributed by atoms with Gasteiger partial charge in [-0.3, -0.25) is 10.1 Å². The summed E-state index contributed by atoms with van der Waals surface area (Å²) in [7, 11) is 0. The first kappa shape index (κ1) is 17.5. The second-order valence-corrected chi connectivity index (χ2v) is 5.88. The summed E-state index contributed by atoms with van der Waals surface area (Å²) < 4.78 is 11.5. The number of nitrogens with one attached hydrogen (secondary N) is 2. The minimum absolute atomic E-state index is 0.200. The minimum Gasteiger partial charge on any atom is -0.490 e. The number of carbonyl (C=O) groups excluding carboxylic acids is 2. The number of hydrogen-bond donors (Lipinski definition) is 2. The Hall–Kier alpha value is -3.28. The van der Waals surface area contributed by atoms with Crippen LogP contribution in [0, 0.1) is 6.92 Å². The van der Waals surface area contributed by atoms with E-state index in [9.17, 15) is 9.59 Å². The highest BCUT2D eigenvalue weighted by atomic mass is 16.5. The maximum Gasteiger partial charge on any atom is 0.326 e. The molecule has 0 saturated carbocycles. The van der Waals surface area contributed by atoms with Crippen molar-refractivity contribution in [2.75, 3.05) is 6.61 Å². The molecule has 134 valence electrons. The molecule has 6 nitrogen and oxygen atoms in total. The zero-order valence-corrected chi connectivity index (χ0v) is 14.7. The Kier molecular flexibility index (Phi) is 5.22. The standard InChI is InChI=1S/C20H20N2O4/c1-3-25-18-11-15(10-16-19(23)22-20(24)21-16)8-9-17(18)26-12-14-6-4-13(2)5-7-14/h4-11H,3,12H2,1-2H3,(H2,21,22,23,24)/b16-10+. The summed E-state index contributed by atoms with van der Waals surface area (Å²) in [4.78, 5) is 22.8. The van der Waals surface area contributed by atoms with Gasteiger partial charge in [0.2, 0.25) is 0 Å². The second-order valence-electron chi connectivity index (χ2n) is 5.88. The normalized spacial score (nSPS) is 14.9. The van der Waals surface area contributed by atoms with Crippen LogP contribution in [0.2, 0.25) is 0 Å². The molecule has 1 aliphatic heterocycles. The predicted octanol–water partition coefficient (Wildman–Crippen LogP) is 3.15. The van der Waals surface area contributed by atoms with Crippen LogP contribution in [0.3, 0.4) is 0 Å². The molecule has 0 aliphatic carbocycles. The van der Waals surface area contributed by atoms with Gasteiger partial charge in [-0.25, -0.2) is 4.79 Å². The maximum absolute atomic E-state index is 11.6. The summed E-state index contributed by atoms with van der Waals surface area (Å²) in [5, 5.41) is 4.63. The fourth-order valence-corrected chi connectivity index (χ4v) is 2.50. The molecule has 0 atom stereocenters. The summed E-state index contributed by atoms with van der Waals surface area (Å²) in [5.74, 6) is 0.751. The molecule has 0 radical (unpaired) electrons. The van der Waals surface area contributed by atoms with Gasteiger partial charge in [-0.05, 0) is 43.2 Å². The summed E-state index contributed by atoms with van der Waals surface area (Å²) >= 11 is 0. The van der Waals surface area contributed by atoms with E-state index in [1.165, 1.54) is 5.56 Å². The maximum atomic E-state index is 11.6. The molecule has 2 N–H and O–H groups in total. The predicted molar refractivity (Wildman–Crippen MR) is 97.8 cm³/mol. The van der Waals surface area contributed by atoms with Crippen molar-refractivity contribution in [2.45, 2.75) is 20.5 Å². The number of aryl methyl sites for hydroxylation is 1. The van der Waals surface area contributed by atoms with Gasteiger partial charge in [-0.1, -0.05) is 35.9 Å². The molecular formula is C20H20N2O4. The van der Waals surface area contributed by atoms with Crippen molar-refractivity contribution in [3.05, 3.63) is 64.9 Å². The topological polar surface area (TPSA) is 76.7 Å². The highest BCUT2D eigenvalue weighted by molar-refractivity contribution is 6.14. The molecule has 2 aromatic carbocycles. The minimum atomic E-state index is -0.524. The van der Waals surface area contributed by atoms with E-state index >= 15 is 0 Å². The lowest BCUT2D eigenvalue weighted by Crippen LogP contribution is -2.22. The molecule has 1 heterocycles. The van der Waals surface area contributed by atoms with Gasteiger partial charge in [0.05, 0.1) is 6.61 Å². The molecule has 1 fully saturated rings. The fourth-order valence-electron chi connectivity index (χ4n) is 2.50. The Labute approximate surface area is 151 Å². The van der Waals surface area contributed by atoms with Gasteiger partial charge in [0.1, 0.15) is 12.3 Å². The van der Waals surface area contributed by atoms with Crippen molar-refractivity contribution in [2.24, 2.45) is 0 Å².